The number of methoxy groups -OCH3 is 1. The summed E-state index contributed by atoms with van der Waals surface area (Å²) < 4.78 is 41.6. The molecule has 2 fully saturated rings. The van der Waals surface area contributed by atoms with E-state index in [0.717, 1.165) is 0 Å². The molecule has 1 atom stereocenters. The molecule has 14 heteroatoms. The standard InChI is InChI=1S/C32H31Cl2F2N5O5/c1-3-46-29-17(13-25(37)42)12-24(39-28(29)16-9-21(33)26(35)22(34)10-16)32(44,20-4-5-20)15-38-30(43)18-8-19-14-41(31(36)6-7-31)40-27(19)23(11-18)45-2/h8-12,14,20,44H,3-7,13,15H2,1-2H3,(H2,37,42)(H,38,43)/t32-/m1/s1. The number of hydrogen-bond acceptors (Lipinski definition) is 7. The molecule has 0 aliphatic heterocycles. The van der Waals surface area contributed by atoms with Crippen molar-refractivity contribution in [2.45, 2.75) is 50.4 Å². The van der Waals surface area contributed by atoms with Gasteiger partial charge in [-0.15, -0.1) is 0 Å². The van der Waals surface area contributed by atoms with Crippen LogP contribution in [0.1, 0.15) is 54.2 Å². The molecule has 0 spiro atoms. The van der Waals surface area contributed by atoms with E-state index in [0.29, 0.717) is 47.9 Å². The van der Waals surface area contributed by atoms with Gasteiger partial charge >= 0.3 is 0 Å². The number of aromatic nitrogens is 3. The Balaban J connectivity index is 1.38. The predicted octanol–water partition coefficient (Wildman–Crippen LogP) is 5.42. The quantitative estimate of drug-likeness (QED) is 0.170. The van der Waals surface area contributed by atoms with Crippen molar-refractivity contribution in [1.29, 1.82) is 0 Å². The van der Waals surface area contributed by atoms with E-state index in [9.17, 15) is 23.5 Å². The number of aliphatic hydroxyl groups is 1. The van der Waals surface area contributed by atoms with Crippen LogP contribution in [-0.4, -0.2) is 51.9 Å². The van der Waals surface area contributed by atoms with Gasteiger partial charge in [-0.25, -0.2) is 18.4 Å². The number of primary amides is 1. The van der Waals surface area contributed by atoms with Crippen LogP contribution in [0.15, 0.2) is 36.5 Å². The Morgan fingerprint density at radius 1 is 1.20 bits per heavy atom. The molecule has 2 aromatic carbocycles. The summed E-state index contributed by atoms with van der Waals surface area (Å²) in [6.07, 6.45) is 3.32. The summed E-state index contributed by atoms with van der Waals surface area (Å²) in [6.45, 7) is 1.70. The Hall–Kier alpha value is -4.00. The van der Waals surface area contributed by atoms with Crippen molar-refractivity contribution >= 4 is 45.9 Å². The second-order valence-corrected chi connectivity index (χ2v) is 12.5. The molecule has 2 amide bonds. The third kappa shape index (κ3) is 5.96. The molecule has 0 saturated heterocycles. The number of nitrogens with two attached hydrogens (primary N) is 1. The van der Waals surface area contributed by atoms with Crippen molar-refractivity contribution in [1.82, 2.24) is 20.1 Å². The highest BCUT2D eigenvalue weighted by atomic mass is 35.5. The summed E-state index contributed by atoms with van der Waals surface area (Å²) in [5, 5.41) is 19.3. The van der Waals surface area contributed by atoms with Crippen molar-refractivity contribution < 1.29 is 33.0 Å². The molecule has 2 aromatic heterocycles. The third-order valence-corrected chi connectivity index (χ3v) is 8.85. The lowest BCUT2D eigenvalue weighted by Gasteiger charge is -2.30. The van der Waals surface area contributed by atoms with E-state index in [2.05, 4.69) is 10.4 Å². The van der Waals surface area contributed by atoms with Crippen LogP contribution in [0.4, 0.5) is 8.78 Å². The van der Waals surface area contributed by atoms with E-state index in [1.165, 1.54) is 36.1 Å². The lowest BCUT2D eigenvalue weighted by Crippen LogP contribution is -2.43. The van der Waals surface area contributed by atoms with Crippen LogP contribution >= 0.6 is 23.2 Å². The van der Waals surface area contributed by atoms with Crippen LogP contribution in [0.5, 0.6) is 11.5 Å². The maximum atomic E-state index is 14.7. The number of carbonyl (C=O) groups excluding carboxylic acids is 2. The van der Waals surface area contributed by atoms with Crippen LogP contribution in [-0.2, 0) is 22.6 Å². The Morgan fingerprint density at radius 3 is 2.48 bits per heavy atom. The molecular formula is C32H31Cl2F2N5O5. The zero-order valence-corrected chi connectivity index (χ0v) is 26.5. The highest BCUT2D eigenvalue weighted by Gasteiger charge is 2.48. The van der Waals surface area contributed by atoms with Gasteiger partial charge in [-0.05, 0) is 56.0 Å². The minimum absolute atomic E-state index is 0.147. The van der Waals surface area contributed by atoms with E-state index in [4.69, 9.17) is 43.4 Å². The normalized spacial score (nSPS) is 16.6. The van der Waals surface area contributed by atoms with E-state index in [1.54, 1.807) is 19.2 Å². The number of fused-ring (bicyclic) bond motifs is 1. The van der Waals surface area contributed by atoms with Crippen molar-refractivity contribution in [2.24, 2.45) is 11.7 Å². The average Bonchev–Trinajstić information content (AvgIpc) is 3.96. The second kappa shape index (κ2) is 12.0. The van der Waals surface area contributed by atoms with Gasteiger partial charge in [0.1, 0.15) is 28.3 Å². The number of nitrogens with one attached hydrogen (secondary N) is 1. The number of ether oxygens (including phenoxy) is 2. The number of rotatable bonds is 12. The van der Waals surface area contributed by atoms with Crippen molar-refractivity contribution in [3.8, 4) is 22.8 Å². The van der Waals surface area contributed by atoms with Gasteiger partial charge in [0.25, 0.3) is 5.91 Å². The summed E-state index contributed by atoms with van der Waals surface area (Å²) in [6, 6.07) is 7.26. The Morgan fingerprint density at radius 2 is 1.89 bits per heavy atom. The SMILES string of the molecule is CCOc1c(CC(N)=O)cc([C@@](O)(CNC(=O)c2cc(OC)c3nn(C4(F)CC4)cc3c2)C2CC2)nc1-c1cc(Cl)c(F)c(Cl)c1. The first kappa shape index (κ1) is 32.0. The van der Waals surface area contributed by atoms with Crippen LogP contribution in [0, 0.1) is 11.7 Å². The van der Waals surface area contributed by atoms with Gasteiger partial charge in [0.15, 0.2) is 5.82 Å². The number of alkyl halides is 1. The first-order chi connectivity index (χ1) is 21.9. The molecule has 4 aromatic rings. The van der Waals surface area contributed by atoms with Crippen LogP contribution in [0.25, 0.3) is 22.2 Å². The first-order valence-electron chi connectivity index (χ1n) is 14.7. The van der Waals surface area contributed by atoms with Gasteiger partial charge in [-0.3, -0.25) is 9.59 Å². The predicted molar refractivity (Wildman–Crippen MR) is 167 cm³/mol. The van der Waals surface area contributed by atoms with E-state index >= 15 is 0 Å². The number of amides is 2. The molecular weight excluding hydrogens is 643 g/mol. The van der Waals surface area contributed by atoms with Crippen LogP contribution in [0.3, 0.4) is 0 Å². The van der Waals surface area contributed by atoms with Gasteiger partial charge in [-0.1, -0.05) is 23.2 Å². The highest BCUT2D eigenvalue weighted by Crippen LogP contribution is 2.48. The second-order valence-electron chi connectivity index (χ2n) is 11.7. The van der Waals surface area contributed by atoms with Gasteiger partial charge < -0.3 is 25.6 Å². The molecule has 2 saturated carbocycles. The number of benzene rings is 2. The maximum Gasteiger partial charge on any atom is 0.251 e. The summed E-state index contributed by atoms with van der Waals surface area (Å²) in [7, 11) is 1.43. The fourth-order valence-electron chi connectivity index (χ4n) is 5.57. The molecule has 2 heterocycles. The zero-order chi connectivity index (χ0) is 33.0. The fraction of sp³-hybridized carbons (Fsp3) is 0.375. The molecule has 0 bridgehead atoms. The Labute approximate surface area is 272 Å². The van der Waals surface area contributed by atoms with Crippen molar-refractivity contribution in [2.75, 3.05) is 20.3 Å². The smallest absolute Gasteiger partial charge is 0.251 e. The lowest BCUT2D eigenvalue weighted by molar-refractivity contribution is -0.117. The first-order valence-corrected chi connectivity index (χ1v) is 15.5. The van der Waals surface area contributed by atoms with E-state index in [1.807, 2.05) is 0 Å². The molecule has 242 valence electrons. The number of pyridine rings is 1. The summed E-state index contributed by atoms with van der Waals surface area (Å²) in [5.41, 5.74) is 5.47. The van der Waals surface area contributed by atoms with E-state index < -0.39 is 29.0 Å². The van der Waals surface area contributed by atoms with Crippen LogP contribution < -0.4 is 20.5 Å². The minimum Gasteiger partial charge on any atom is -0.494 e. The Kier molecular flexibility index (Phi) is 8.32. The van der Waals surface area contributed by atoms with Gasteiger partial charge in [-0.2, -0.15) is 5.10 Å². The topological polar surface area (TPSA) is 142 Å². The van der Waals surface area contributed by atoms with Crippen LogP contribution in [0.2, 0.25) is 10.0 Å². The lowest BCUT2D eigenvalue weighted by atomic mass is 9.90. The van der Waals surface area contributed by atoms with Crippen molar-refractivity contribution in [3.05, 3.63) is 69.2 Å². The van der Waals surface area contributed by atoms with Gasteiger partial charge in [0.2, 0.25) is 11.7 Å². The number of hydrogen-bond donors (Lipinski definition) is 3. The average molecular weight is 675 g/mol. The molecule has 2 aliphatic rings. The van der Waals surface area contributed by atoms with Crippen molar-refractivity contribution in [3.63, 3.8) is 0 Å². The van der Waals surface area contributed by atoms with Gasteiger partial charge in [0, 0.05) is 41.1 Å². The summed E-state index contributed by atoms with van der Waals surface area (Å²) >= 11 is 12.2. The maximum absolute atomic E-state index is 14.7. The molecule has 4 N–H and O–H groups in total. The highest BCUT2D eigenvalue weighted by molar-refractivity contribution is 6.35. The Bertz CT molecular complexity index is 1850. The molecule has 2 aliphatic carbocycles. The molecule has 46 heavy (non-hydrogen) atoms. The number of carbonyl (C=O) groups is 2. The summed E-state index contributed by atoms with van der Waals surface area (Å²) in [4.78, 5) is 30.3. The molecule has 10 nitrogen and oxygen atoms in total. The molecule has 6 rings (SSSR count). The third-order valence-electron chi connectivity index (χ3n) is 8.30. The zero-order valence-electron chi connectivity index (χ0n) is 25.0. The minimum atomic E-state index is -1.68. The number of nitrogens with zero attached hydrogens (tertiary/aromatic N) is 3. The number of halogens is 4. The molecule has 0 unspecified atom stereocenters. The van der Waals surface area contributed by atoms with Gasteiger partial charge in [0.05, 0.1) is 42.4 Å². The summed E-state index contributed by atoms with van der Waals surface area (Å²) in [5.74, 6) is -3.29. The van der Waals surface area contributed by atoms with E-state index in [-0.39, 0.29) is 63.8 Å². The molecule has 0 radical (unpaired) electrons. The largest absolute Gasteiger partial charge is 0.494 e. The fourth-order valence-corrected chi connectivity index (χ4v) is 6.06. The monoisotopic (exact) mass is 673 g/mol.